The molecule has 1 aromatic carbocycles. The number of hydrogen-bond donors (Lipinski definition) is 1. The average Bonchev–Trinajstić information content (AvgIpc) is 3.11. The first-order valence-electron chi connectivity index (χ1n) is 8.46. The number of hydrogen-bond acceptors (Lipinski definition) is 3. The standard InChI is InChI=1S/C18H25N3/c19-16(13-6-2-1-3-7-13)10-17-14-8-4-5-9-15(14)18-11-20-12-21(17)18/h4-5,8-9,12-13,16-18H,1-3,6-7,10-11,19H2. The van der Waals surface area contributed by atoms with Crippen molar-refractivity contribution in [1.29, 1.82) is 0 Å². The Morgan fingerprint density at radius 3 is 2.71 bits per heavy atom. The fourth-order valence-electron chi connectivity index (χ4n) is 4.51. The fraction of sp³-hybridized carbons (Fsp3) is 0.611. The summed E-state index contributed by atoms with van der Waals surface area (Å²) in [5, 5.41) is 0. The zero-order chi connectivity index (χ0) is 14.2. The summed E-state index contributed by atoms with van der Waals surface area (Å²) >= 11 is 0. The molecule has 2 aliphatic heterocycles. The topological polar surface area (TPSA) is 41.6 Å². The van der Waals surface area contributed by atoms with Gasteiger partial charge < -0.3 is 10.6 Å². The number of aliphatic imine (C=N–C) groups is 1. The lowest BCUT2D eigenvalue weighted by Gasteiger charge is -2.32. The van der Waals surface area contributed by atoms with Crippen LogP contribution in [0, 0.1) is 5.92 Å². The quantitative estimate of drug-likeness (QED) is 0.923. The van der Waals surface area contributed by atoms with Gasteiger partial charge in [0, 0.05) is 6.04 Å². The van der Waals surface area contributed by atoms with E-state index >= 15 is 0 Å². The van der Waals surface area contributed by atoms with E-state index in [0.717, 1.165) is 18.9 Å². The minimum absolute atomic E-state index is 0.330. The van der Waals surface area contributed by atoms with Gasteiger partial charge in [0.1, 0.15) is 0 Å². The summed E-state index contributed by atoms with van der Waals surface area (Å²) in [6.45, 7) is 0.909. The largest absolute Gasteiger partial charge is 0.347 e. The first-order chi connectivity index (χ1) is 10.3. The molecule has 3 aliphatic rings. The number of nitrogens with zero attached hydrogens (tertiary/aromatic N) is 2. The van der Waals surface area contributed by atoms with E-state index < -0.39 is 0 Å². The van der Waals surface area contributed by atoms with Crippen molar-refractivity contribution in [2.75, 3.05) is 6.54 Å². The molecule has 0 bridgehead atoms. The van der Waals surface area contributed by atoms with Crippen molar-refractivity contribution in [3.05, 3.63) is 35.4 Å². The molecule has 1 saturated carbocycles. The van der Waals surface area contributed by atoms with Crippen LogP contribution in [-0.2, 0) is 0 Å². The molecule has 0 saturated heterocycles. The lowest BCUT2D eigenvalue weighted by molar-refractivity contribution is 0.231. The summed E-state index contributed by atoms with van der Waals surface area (Å²) in [4.78, 5) is 6.95. The molecule has 3 atom stereocenters. The SMILES string of the molecule is NC(CC1c2ccccc2C2CN=CN21)C1CCCCC1. The highest BCUT2D eigenvalue weighted by Crippen LogP contribution is 2.45. The van der Waals surface area contributed by atoms with Gasteiger partial charge in [0.25, 0.3) is 0 Å². The Bertz CT molecular complexity index is 533. The zero-order valence-corrected chi connectivity index (χ0v) is 12.6. The molecule has 0 spiro atoms. The lowest BCUT2D eigenvalue weighted by atomic mass is 9.81. The van der Waals surface area contributed by atoms with Gasteiger partial charge in [0.05, 0.1) is 25.0 Å². The molecular formula is C18H25N3. The first kappa shape index (κ1) is 13.3. The Morgan fingerprint density at radius 2 is 1.90 bits per heavy atom. The van der Waals surface area contributed by atoms with Gasteiger partial charge in [-0.3, -0.25) is 4.99 Å². The van der Waals surface area contributed by atoms with E-state index in [1.807, 2.05) is 0 Å². The highest BCUT2D eigenvalue weighted by Gasteiger charge is 2.40. The Hall–Kier alpha value is -1.35. The van der Waals surface area contributed by atoms with E-state index in [-0.39, 0.29) is 0 Å². The maximum Gasteiger partial charge on any atom is 0.0861 e. The third-order valence-electron chi connectivity index (χ3n) is 5.68. The van der Waals surface area contributed by atoms with Crippen molar-refractivity contribution >= 4 is 6.34 Å². The van der Waals surface area contributed by atoms with Crippen molar-refractivity contribution in [3.63, 3.8) is 0 Å². The maximum atomic E-state index is 6.60. The molecule has 0 radical (unpaired) electrons. The van der Waals surface area contributed by atoms with Crippen molar-refractivity contribution in [2.24, 2.45) is 16.6 Å². The molecular weight excluding hydrogens is 258 g/mol. The van der Waals surface area contributed by atoms with Crippen LogP contribution < -0.4 is 5.73 Å². The fourth-order valence-corrected chi connectivity index (χ4v) is 4.51. The maximum absolute atomic E-state index is 6.60. The monoisotopic (exact) mass is 283 g/mol. The molecule has 1 aliphatic carbocycles. The van der Waals surface area contributed by atoms with E-state index in [0.29, 0.717) is 18.1 Å². The van der Waals surface area contributed by atoms with Crippen LogP contribution >= 0.6 is 0 Å². The normalized spacial score (nSPS) is 29.5. The third-order valence-corrected chi connectivity index (χ3v) is 5.68. The number of benzene rings is 1. The average molecular weight is 283 g/mol. The van der Waals surface area contributed by atoms with Gasteiger partial charge in [-0.25, -0.2) is 0 Å². The highest BCUT2D eigenvalue weighted by atomic mass is 15.3. The van der Waals surface area contributed by atoms with E-state index in [9.17, 15) is 0 Å². The molecule has 0 aromatic heterocycles. The first-order valence-corrected chi connectivity index (χ1v) is 8.46. The smallest absolute Gasteiger partial charge is 0.0861 e. The second-order valence-corrected chi connectivity index (χ2v) is 6.89. The van der Waals surface area contributed by atoms with Gasteiger partial charge in [-0.2, -0.15) is 0 Å². The van der Waals surface area contributed by atoms with Crippen LogP contribution in [-0.4, -0.2) is 23.8 Å². The van der Waals surface area contributed by atoms with E-state index in [1.54, 1.807) is 0 Å². The van der Waals surface area contributed by atoms with Crippen LogP contribution in [0.25, 0.3) is 0 Å². The zero-order valence-electron chi connectivity index (χ0n) is 12.6. The van der Waals surface area contributed by atoms with Gasteiger partial charge in [0.15, 0.2) is 0 Å². The number of rotatable bonds is 3. The summed E-state index contributed by atoms with van der Waals surface area (Å²) in [6, 6.07) is 10.1. The molecule has 21 heavy (non-hydrogen) atoms. The highest BCUT2D eigenvalue weighted by molar-refractivity contribution is 5.63. The summed E-state index contributed by atoms with van der Waals surface area (Å²) < 4.78 is 0. The number of nitrogens with two attached hydrogens (primary N) is 1. The molecule has 1 aromatic rings. The van der Waals surface area contributed by atoms with Crippen molar-refractivity contribution in [1.82, 2.24) is 4.90 Å². The second-order valence-electron chi connectivity index (χ2n) is 6.89. The Balaban J connectivity index is 1.55. The minimum Gasteiger partial charge on any atom is -0.347 e. The van der Waals surface area contributed by atoms with E-state index in [1.165, 1.54) is 43.2 Å². The predicted molar refractivity (Wildman–Crippen MR) is 86.3 cm³/mol. The van der Waals surface area contributed by atoms with Crippen LogP contribution in [0.1, 0.15) is 61.7 Å². The molecule has 3 nitrogen and oxygen atoms in total. The van der Waals surface area contributed by atoms with Crippen molar-refractivity contribution in [2.45, 2.75) is 56.7 Å². The third kappa shape index (κ3) is 2.28. The summed E-state index contributed by atoms with van der Waals surface area (Å²) in [7, 11) is 0. The summed E-state index contributed by atoms with van der Waals surface area (Å²) in [6.07, 6.45) is 9.92. The minimum atomic E-state index is 0.330. The molecule has 0 amide bonds. The van der Waals surface area contributed by atoms with E-state index in [4.69, 9.17) is 5.73 Å². The van der Waals surface area contributed by atoms with Crippen LogP contribution in [0.3, 0.4) is 0 Å². The van der Waals surface area contributed by atoms with Crippen LogP contribution in [0.5, 0.6) is 0 Å². The molecule has 112 valence electrons. The van der Waals surface area contributed by atoms with Crippen molar-refractivity contribution < 1.29 is 0 Å². The van der Waals surface area contributed by atoms with Gasteiger partial charge in [-0.05, 0) is 36.3 Å². The van der Waals surface area contributed by atoms with Crippen LogP contribution in [0.2, 0.25) is 0 Å². The van der Waals surface area contributed by atoms with Gasteiger partial charge in [-0.1, -0.05) is 43.5 Å². The summed E-state index contributed by atoms with van der Waals surface area (Å²) in [5.41, 5.74) is 9.55. The Labute approximate surface area is 127 Å². The molecule has 3 unspecified atom stereocenters. The number of fused-ring (bicyclic) bond motifs is 3. The Kier molecular flexibility index (Phi) is 3.46. The van der Waals surface area contributed by atoms with Crippen LogP contribution in [0.4, 0.5) is 0 Å². The molecule has 1 fully saturated rings. The molecule has 2 N–H and O–H groups in total. The van der Waals surface area contributed by atoms with Gasteiger partial charge in [0.2, 0.25) is 0 Å². The van der Waals surface area contributed by atoms with Gasteiger partial charge in [-0.15, -0.1) is 0 Å². The lowest BCUT2D eigenvalue weighted by Crippen LogP contribution is -2.36. The van der Waals surface area contributed by atoms with Crippen molar-refractivity contribution in [3.8, 4) is 0 Å². The predicted octanol–water partition coefficient (Wildman–Crippen LogP) is 3.42. The Morgan fingerprint density at radius 1 is 1.14 bits per heavy atom. The summed E-state index contributed by atoms with van der Waals surface area (Å²) in [5.74, 6) is 0.726. The van der Waals surface area contributed by atoms with Crippen LogP contribution in [0.15, 0.2) is 29.3 Å². The van der Waals surface area contributed by atoms with Gasteiger partial charge >= 0.3 is 0 Å². The van der Waals surface area contributed by atoms with E-state index in [2.05, 4.69) is 40.5 Å². The second kappa shape index (κ2) is 5.45. The molecule has 2 heterocycles. The molecule has 3 heteroatoms. The molecule has 4 rings (SSSR count).